The first-order valence-electron chi connectivity index (χ1n) is 8.80. The van der Waals surface area contributed by atoms with E-state index in [-0.39, 0.29) is 11.3 Å². The Morgan fingerprint density at radius 1 is 1.07 bits per heavy atom. The minimum absolute atomic E-state index is 0.0364. The van der Waals surface area contributed by atoms with Gasteiger partial charge in [-0.15, -0.1) is 0 Å². The number of methoxy groups -OCH3 is 1. The van der Waals surface area contributed by atoms with Gasteiger partial charge in [-0.25, -0.2) is 0 Å². The lowest BCUT2D eigenvalue weighted by molar-refractivity contribution is -0.139. The minimum Gasteiger partial charge on any atom is -0.507 e. The van der Waals surface area contributed by atoms with Crippen LogP contribution in [0.15, 0.2) is 48.0 Å². The third-order valence-electron chi connectivity index (χ3n) is 4.92. The Morgan fingerprint density at radius 3 is 2.43 bits per heavy atom. The fourth-order valence-electron chi connectivity index (χ4n) is 3.47. The summed E-state index contributed by atoms with van der Waals surface area (Å²) in [5, 5.41) is 10.9. The molecular formula is C21H19NO6. The molecule has 1 atom stereocenters. The van der Waals surface area contributed by atoms with Crippen molar-refractivity contribution in [1.82, 2.24) is 4.90 Å². The average Bonchev–Trinajstić information content (AvgIpc) is 2.97. The lowest BCUT2D eigenvalue weighted by Crippen LogP contribution is -2.24. The molecule has 1 saturated heterocycles. The largest absolute Gasteiger partial charge is 0.507 e. The van der Waals surface area contributed by atoms with Crippen molar-refractivity contribution in [3.05, 3.63) is 59.2 Å². The maximum atomic E-state index is 12.6. The number of rotatable bonds is 3. The summed E-state index contributed by atoms with van der Waals surface area (Å²) in [6, 6.07) is 11.2. The zero-order valence-corrected chi connectivity index (χ0v) is 15.5. The Morgan fingerprint density at radius 2 is 1.75 bits per heavy atom. The first kappa shape index (κ1) is 17.9. The predicted molar refractivity (Wildman–Crippen MR) is 100 cm³/mol. The van der Waals surface area contributed by atoms with Gasteiger partial charge >= 0.3 is 0 Å². The standard InChI is InChI=1S/C21H19NO6/c1-22-18(12-3-6-14(26-2)7-4-12)17(20(24)21(22)25)19(23)13-5-8-15-16(11-13)28-10-9-27-15/h3-8,11,18,23H,9-10H2,1-2H3/b19-17+. The number of likely N-dealkylation sites (N-methyl/N-ethyl adjacent to an activating group) is 1. The molecular weight excluding hydrogens is 362 g/mol. The van der Waals surface area contributed by atoms with E-state index in [9.17, 15) is 14.7 Å². The molecule has 4 rings (SSSR count). The highest BCUT2D eigenvalue weighted by Crippen LogP contribution is 2.40. The van der Waals surface area contributed by atoms with Crippen LogP contribution in [0.2, 0.25) is 0 Å². The Balaban J connectivity index is 1.81. The normalized spacial score (nSPS) is 20.4. The number of hydrogen-bond donors (Lipinski definition) is 1. The summed E-state index contributed by atoms with van der Waals surface area (Å²) in [5.41, 5.74) is 1.12. The second-order valence-corrected chi connectivity index (χ2v) is 6.54. The zero-order valence-electron chi connectivity index (χ0n) is 15.5. The number of Topliss-reactive ketones (excluding diaryl/α,β-unsaturated/α-hetero) is 1. The molecule has 1 unspecified atom stereocenters. The van der Waals surface area contributed by atoms with Gasteiger partial charge < -0.3 is 24.2 Å². The summed E-state index contributed by atoms with van der Waals surface area (Å²) in [4.78, 5) is 26.3. The van der Waals surface area contributed by atoms with Crippen molar-refractivity contribution in [2.75, 3.05) is 27.4 Å². The second kappa shape index (κ2) is 6.92. The van der Waals surface area contributed by atoms with Crippen LogP contribution in [-0.2, 0) is 9.59 Å². The number of nitrogens with zero attached hydrogens (tertiary/aromatic N) is 1. The molecule has 0 saturated carbocycles. The topological polar surface area (TPSA) is 85.3 Å². The number of fused-ring (bicyclic) bond motifs is 1. The molecule has 0 radical (unpaired) electrons. The number of carbonyl (C=O) groups excluding carboxylic acids is 2. The van der Waals surface area contributed by atoms with Crippen molar-refractivity contribution < 1.29 is 28.9 Å². The fraction of sp³-hybridized carbons (Fsp3) is 0.238. The van der Waals surface area contributed by atoms with E-state index in [0.29, 0.717) is 41.6 Å². The third-order valence-corrected chi connectivity index (χ3v) is 4.92. The molecule has 2 aromatic carbocycles. The van der Waals surface area contributed by atoms with Crippen molar-refractivity contribution in [3.63, 3.8) is 0 Å². The van der Waals surface area contributed by atoms with Gasteiger partial charge in [-0.05, 0) is 35.9 Å². The smallest absolute Gasteiger partial charge is 0.295 e. The number of ether oxygens (including phenoxy) is 3. The van der Waals surface area contributed by atoms with E-state index < -0.39 is 17.7 Å². The van der Waals surface area contributed by atoms with Crippen LogP contribution in [0.25, 0.3) is 5.76 Å². The monoisotopic (exact) mass is 381 g/mol. The number of carbonyl (C=O) groups is 2. The second-order valence-electron chi connectivity index (χ2n) is 6.54. The lowest BCUT2D eigenvalue weighted by atomic mass is 9.95. The molecule has 1 fully saturated rings. The van der Waals surface area contributed by atoms with E-state index in [1.54, 1.807) is 56.6 Å². The van der Waals surface area contributed by atoms with Crippen LogP contribution in [0.4, 0.5) is 0 Å². The van der Waals surface area contributed by atoms with Crippen LogP contribution >= 0.6 is 0 Å². The van der Waals surface area contributed by atoms with Crippen LogP contribution < -0.4 is 14.2 Å². The van der Waals surface area contributed by atoms with Crippen LogP contribution in [0.3, 0.4) is 0 Å². The lowest BCUT2D eigenvalue weighted by Gasteiger charge is -2.22. The van der Waals surface area contributed by atoms with Crippen LogP contribution in [0.5, 0.6) is 17.2 Å². The van der Waals surface area contributed by atoms with Crippen LogP contribution in [0.1, 0.15) is 17.2 Å². The molecule has 2 aliphatic heterocycles. The van der Waals surface area contributed by atoms with Crippen molar-refractivity contribution in [2.24, 2.45) is 0 Å². The van der Waals surface area contributed by atoms with Crippen molar-refractivity contribution >= 4 is 17.4 Å². The van der Waals surface area contributed by atoms with Crippen molar-refractivity contribution in [1.29, 1.82) is 0 Å². The fourth-order valence-corrected chi connectivity index (χ4v) is 3.47. The third kappa shape index (κ3) is 2.85. The molecule has 144 valence electrons. The molecule has 1 N–H and O–H groups in total. The van der Waals surface area contributed by atoms with E-state index in [1.807, 2.05) is 0 Å². The molecule has 0 spiro atoms. The van der Waals surface area contributed by atoms with Gasteiger partial charge in [0.15, 0.2) is 11.5 Å². The summed E-state index contributed by atoms with van der Waals surface area (Å²) < 4.78 is 16.2. The van der Waals surface area contributed by atoms with Gasteiger partial charge in [-0.1, -0.05) is 12.1 Å². The van der Waals surface area contributed by atoms with Crippen LogP contribution in [-0.4, -0.2) is 49.1 Å². The Kier molecular flexibility index (Phi) is 4.43. The Bertz CT molecular complexity index is 979. The average molecular weight is 381 g/mol. The summed E-state index contributed by atoms with van der Waals surface area (Å²) in [7, 11) is 3.10. The Hall–Kier alpha value is -3.48. The number of aliphatic hydroxyl groups excluding tert-OH is 1. The van der Waals surface area contributed by atoms with Crippen LogP contribution in [0, 0.1) is 0 Å². The molecule has 2 heterocycles. The van der Waals surface area contributed by atoms with Gasteiger partial charge in [0.25, 0.3) is 11.7 Å². The molecule has 7 nitrogen and oxygen atoms in total. The highest BCUT2D eigenvalue weighted by atomic mass is 16.6. The molecule has 0 bridgehead atoms. The van der Waals surface area contributed by atoms with Gasteiger partial charge in [0.1, 0.15) is 24.7 Å². The quantitative estimate of drug-likeness (QED) is 0.500. The number of aliphatic hydroxyl groups is 1. The van der Waals surface area contributed by atoms with E-state index in [1.165, 1.54) is 4.90 Å². The highest BCUT2D eigenvalue weighted by Gasteiger charge is 2.44. The molecule has 2 aromatic rings. The van der Waals surface area contributed by atoms with E-state index in [2.05, 4.69) is 0 Å². The van der Waals surface area contributed by atoms with Gasteiger partial charge in [0, 0.05) is 12.6 Å². The number of amides is 1. The predicted octanol–water partition coefficient (Wildman–Crippen LogP) is 2.52. The Labute approximate surface area is 161 Å². The molecule has 7 heteroatoms. The van der Waals surface area contributed by atoms with E-state index in [0.717, 1.165) is 0 Å². The molecule has 1 amide bonds. The summed E-state index contributed by atoms with van der Waals surface area (Å²) in [6.07, 6.45) is 0. The van der Waals surface area contributed by atoms with Crippen molar-refractivity contribution in [3.8, 4) is 17.2 Å². The van der Waals surface area contributed by atoms with E-state index >= 15 is 0 Å². The minimum atomic E-state index is -0.726. The summed E-state index contributed by atoms with van der Waals surface area (Å²) >= 11 is 0. The number of benzene rings is 2. The maximum absolute atomic E-state index is 12.6. The SMILES string of the molecule is COc1ccc(C2/C(=C(\O)c3ccc4c(c3)OCCO4)C(=O)C(=O)N2C)cc1. The summed E-state index contributed by atoms with van der Waals surface area (Å²) in [5.74, 6) is 0.0761. The first-order chi connectivity index (χ1) is 13.5. The zero-order chi connectivity index (χ0) is 19.8. The van der Waals surface area contributed by atoms with Gasteiger partial charge in [0.2, 0.25) is 0 Å². The number of likely N-dealkylation sites (tertiary alicyclic amines) is 1. The van der Waals surface area contributed by atoms with Gasteiger partial charge in [0.05, 0.1) is 18.7 Å². The number of hydrogen-bond acceptors (Lipinski definition) is 6. The van der Waals surface area contributed by atoms with Gasteiger partial charge in [-0.3, -0.25) is 9.59 Å². The molecule has 0 aliphatic carbocycles. The molecule has 28 heavy (non-hydrogen) atoms. The molecule has 2 aliphatic rings. The first-order valence-corrected chi connectivity index (χ1v) is 8.80. The summed E-state index contributed by atoms with van der Waals surface area (Å²) in [6.45, 7) is 0.860. The van der Waals surface area contributed by atoms with E-state index in [4.69, 9.17) is 14.2 Å². The highest BCUT2D eigenvalue weighted by molar-refractivity contribution is 6.46. The molecule has 0 aromatic heterocycles. The maximum Gasteiger partial charge on any atom is 0.295 e. The van der Waals surface area contributed by atoms with Gasteiger partial charge in [-0.2, -0.15) is 0 Å². The van der Waals surface area contributed by atoms with Crippen molar-refractivity contribution in [2.45, 2.75) is 6.04 Å². The number of ketones is 1.